The first-order valence-corrected chi connectivity index (χ1v) is 6.78. The van der Waals surface area contributed by atoms with Crippen LogP contribution in [0.15, 0.2) is 18.2 Å². The topological polar surface area (TPSA) is 61.4 Å². The summed E-state index contributed by atoms with van der Waals surface area (Å²) in [6.07, 6.45) is -0.454. The zero-order valence-electron chi connectivity index (χ0n) is 9.62. The van der Waals surface area contributed by atoms with Crippen LogP contribution in [-0.2, 0) is 0 Å². The molecule has 6 heteroatoms. The Balaban J connectivity index is 1.99. The Morgan fingerprint density at radius 2 is 2.33 bits per heavy atom. The first kappa shape index (κ1) is 13.7. The number of β-amino-alcohol motifs (C(OH)–C–C–N with tert-alkyl or cyclic N) is 1. The molecule has 0 bridgehead atoms. The average Bonchev–Trinajstić information content (AvgIpc) is 2.72. The summed E-state index contributed by atoms with van der Waals surface area (Å²) in [7, 11) is 0. The minimum Gasteiger partial charge on any atom is -0.391 e. The summed E-state index contributed by atoms with van der Waals surface area (Å²) in [5, 5.41) is 15.3. The van der Waals surface area contributed by atoms with Gasteiger partial charge in [0.2, 0.25) is 0 Å². The number of aliphatic hydroxyl groups excluding tert-OH is 1. The predicted molar refractivity (Wildman–Crippen MR) is 73.8 cm³/mol. The Morgan fingerprint density at radius 3 is 2.94 bits per heavy atom. The molecule has 0 radical (unpaired) electrons. The molecule has 0 aliphatic carbocycles. The van der Waals surface area contributed by atoms with Gasteiger partial charge in [-0.25, -0.2) is 4.39 Å². The van der Waals surface area contributed by atoms with E-state index in [4.69, 9.17) is 0 Å². The molecular formula is C12H14FIN2O2. The van der Waals surface area contributed by atoms with Crippen molar-refractivity contribution in [3.63, 3.8) is 0 Å². The SMILES string of the molecule is O=C(NCC1CNCC1O)c1c(F)cccc1I. The van der Waals surface area contributed by atoms with E-state index in [0.717, 1.165) is 0 Å². The summed E-state index contributed by atoms with van der Waals surface area (Å²) in [5.74, 6) is -0.973. The third-order valence-electron chi connectivity index (χ3n) is 3.02. The number of carbonyl (C=O) groups excluding carboxylic acids is 1. The van der Waals surface area contributed by atoms with Gasteiger partial charge in [0.1, 0.15) is 5.82 Å². The van der Waals surface area contributed by atoms with Gasteiger partial charge in [-0.3, -0.25) is 4.79 Å². The maximum atomic E-state index is 13.6. The molecule has 1 aliphatic rings. The lowest BCUT2D eigenvalue weighted by molar-refractivity contribution is 0.0922. The Labute approximate surface area is 118 Å². The maximum absolute atomic E-state index is 13.6. The van der Waals surface area contributed by atoms with Crippen molar-refractivity contribution in [2.24, 2.45) is 5.92 Å². The van der Waals surface area contributed by atoms with Gasteiger partial charge in [-0.05, 0) is 34.7 Å². The van der Waals surface area contributed by atoms with E-state index in [1.165, 1.54) is 6.07 Å². The standard InChI is InChI=1S/C12H14FIN2O2/c13-8-2-1-3-9(14)11(8)12(18)16-5-7-4-15-6-10(7)17/h1-3,7,10,15,17H,4-6H2,(H,16,18). The minimum atomic E-state index is -0.524. The summed E-state index contributed by atoms with van der Waals surface area (Å²) in [6.45, 7) is 1.55. The smallest absolute Gasteiger partial charge is 0.255 e. The van der Waals surface area contributed by atoms with Gasteiger partial charge in [0.15, 0.2) is 0 Å². The van der Waals surface area contributed by atoms with E-state index in [2.05, 4.69) is 10.6 Å². The fourth-order valence-electron chi connectivity index (χ4n) is 1.95. The van der Waals surface area contributed by atoms with Gasteiger partial charge in [0, 0.05) is 29.1 Å². The summed E-state index contributed by atoms with van der Waals surface area (Å²) < 4.78 is 14.1. The zero-order chi connectivity index (χ0) is 13.1. The molecule has 1 fully saturated rings. The molecule has 1 heterocycles. The summed E-state index contributed by atoms with van der Waals surface area (Å²) in [5.41, 5.74) is 0.0681. The summed E-state index contributed by atoms with van der Waals surface area (Å²) >= 11 is 1.93. The molecule has 0 aromatic heterocycles. The number of hydrogen-bond donors (Lipinski definition) is 3. The average molecular weight is 364 g/mol. The van der Waals surface area contributed by atoms with E-state index < -0.39 is 17.8 Å². The van der Waals surface area contributed by atoms with Crippen LogP contribution in [0, 0.1) is 15.3 Å². The van der Waals surface area contributed by atoms with Crippen molar-refractivity contribution >= 4 is 28.5 Å². The van der Waals surface area contributed by atoms with Crippen molar-refractivity contribution in [1.29, 1.82) is 0 Å². The lowest BCUT2D eigenvalue weighted by Gasteiger charge is -2.14. The molecule has 2 atom stereocenters. The van der Waals surface area contributed by atoms with Crippen LogP contribution in [0.4, 0.5) is 4.39 Å². The van der Waals surface area contributed by atoms with Crippen LogP contribution < -0.4 is 10.6 Å². The van der Waals surface area contributed by atoms with Crippen LogP contribution in [0.25, 0.3) is 0 Å². The van der Waals surface area contributed by atoms with Gasteiger partial charge in [-0.2, -0.15) is 0 Å². The predicted octanol–water partition coefficient (Wildman–Crippen LogP) is 0.740. The highest BCUT2D eigenvalue weighted by atomic mass is 127. The molecular weight excluding hydrogens is 350 g/mol. The molecule has 18 heavy (non-hydrogen) atoms. The lowest BCUT2D eigenvalue weighted by Crippen LogP contribution is -2.35. The Bertz CT molecular complexity index is 435. The van der Waals surface area contributed by atoms with Crippen LogP contribution >= 0.6 is 22.6 Å². The van der Waals surface area contributed by atoms with Crippen molar-refractivity contribution in [2.45, 2.75) is 6.10 Å². The van der Waals surface area contributed by atoms with E-state index in [-0.39, 0.29) is 11.5 Å². The first-order valence-electron chi connectivity index (χ1n) is 5.70. The lowest BCUT2D eigenvalue weighted by atomic mass is 10.1. The fourth-order valence-corrected chi connectivity index (χ4v) is 2.66. The number of aliphatic hydroxyl groups is 1. The van der Waals surface area contributed by atoms with Crippen molar-refractivity contribution in [3.8, 4) is 0 Å². The number of carbonyl (C=O) groups is 1. The first-order chi connectivity index (χ1) is 8.59. The highest BCUT2D eigenvalue weighted by molar-refractivity contribution is 14.1. The molecule has 1 aliphatic heterocycles. The monoisotopic (exact) mass is 364 g/mol. The van der Waals surface area contributed by atoms with Crippen LogP contribution in [0.5, 0.6) is 0 Å². The quantitative estimate of drug-likeness (QED) is 0.694. The fraction of sp³-hybridized carbons (Fsp3) is 0.417. The van der Waals surface area contributed by atoms with Gasteiger partial charge in [-0.15, -0.1) is 0 Å². The van der Waals surface area contributed by atoms with Gasteiger partial charge in [-0.1, -0.05) is 6.07 Å². The summed E-state index contributed by atoms with van der Waals surface area (Å²) in [6, 6.07) is 4.52. The van der Waals surface area contributed by atoms with Crippen molar-refractivity contribution in [3.05, 3.63) is 33.1 Å². The van der Waals surface area contributed by atoms with Crippen molar-refractivity contribution in [1.82, 2.24) is 10.6 Å². The van der Waals surface area contributed by atoms with Gasteiger partial charge in [0.25, 0.3) is 5.91 Å². The Kier molecular flexibility index (Phi) is 4.52. The molecule has 2 unspecified atom stereocenters. The normalized spacial score (nSPS) is 23.1. The Morgan fingerprint density at radius 1 is 1.56 bits per heavy atom. The van der Waals surface area contributed by atoms with Crippen LogP contribution in [-0.4, -0.2) is 36.8 Å². The highest BCUT2D eigenvalue weighted by Gasteiger charge is 2.25. The van der Waals surface area contributed by atoms with Crippen molar-refractivity contribution < 1.29 is 14.3 Å². The molecule has 1 saturated heterocycles. The number of benzene rings is 1. The third-order valence-corrected chi connectivity index (χ3v) is 3.92. The van der Waals surface area contributed by atoms with Crippen LogP contribution in [0.3, 0.4) is 0 Å². The van der Waals surface area contributed by atoms with Crippen molar-refractivity contribution in [2.75, 3.05) is 19.6 Å². The molecule has 1 amide bonds. The van der Waals surface area contributed by atoms with Crippen LogP contribution in [0.1, 0.15) is 10.4 Å². The zero-order valence-corrected chi connectivity index (χ0v) is 11.8. The second-order valence-electron chi connectivity index (χ2n) is 4.29. The third kappa shape index (κ3) is 2.99. The number of nitrogens with one attached hydrogen (secondary N) is 2. The molecule has 1 aromatic carbocycles. The molecule has 2 rings (SSSR count). The van der Waals surface area contributed by atoms with Crippen LogP contribution in [0.2, 0.25) is 0 Å². The second kappa shape index (κ2) is 5.94. The van der Waals surface area contributed by atoms with Gasteiger partial charge < -0.3 is 15.7 Å². The highest BCUT2D eigenvalue weighted by Crippen LogP contribution is 2.16. The number of halogens is 2. The van der Waals surface area contributed by atoms with E-state index in [9.17, 15) is 14.3 Å². The van der Waals surface area contributed by atoms with E-state index in [0.29, 0.717) is 23.2 Å². The molecule has 1 aromatic rings. The van der Waals surface area contributed by atoms with Gasteiger partial charge >= 0.3 is 0 Å². The van der Waals surface area contributed by atoms with E-state index >= 15 is 0 Å². The van der Waals surface area contributed by atoms with E-state index in [1.54, 1.807) is 12.1 Å². The number of amides is 1. The van der Waals surface area contributed by atoms with Gasteiger partial charge in [0.05, 0.1) is 11.7 Å². The number of rotatable bonds is 3. The van der Waals surface area contributed by atoms with E-state index in [1.807, 2.05) is 22.6 Å². The Hall–Kier alpha value is -0.730. The second-order valence-corrected chi connectivity index (χ2v) is 5.45. The maximum Gasteiger partial charge on any atom is 0.255 e. The number of hydrogen-bond acceptors (Lipinski definition) is 3. The molecule has 98 valence electrons. The molecule has 4 nitrogen and oxygen atoms in total. The summed E-state index contributed by atoms with van der Waals surface area (Å²) in [4.78, 5) is 11.9. The molecule has 0 saturated carbocycles. The molecule has 0 spiro atoms. The minimum absolute atomic E-state index is 0.0154. The molecule has 3 N–H and O–H groups in total. The largest absolute Gasteiger partial charge is 0.391 e.